The molecule has 1 amide bonds. The fourth-order valence-electron chi connectivity index (χ4n) is 2.86. The van der Waals surface area contributed by atoms with Gasteiger partial charge in [-0.1, -0.05) is 12.1 Å². The van der Waals surface area contributed by atoms with E-state index in [9.17, 15) is 9.18 Å². The van der Waals surface area contributed by atoms with Crippen LogP contribution >= 0.6 is 0 Å². The van der Waals surface area contributed by atoms with Crippen LogP contribution in [0.1, 0.15) is 19.4 Å². The van der Waals surface area contributed by atoms with Gasteiger partial charge in [-0.2, -0.15) is 0 Å². The van der Waals surface area contributed by atoms with E-state index in [1.807, 2.05) is 13.8 Å². The average Bonchev–Trinajstić information content (AvgIpc) is 2.60. The van der Waals surface area contributed by atoms with Crippen molar-refractivity contribution in [1.29, 1.82) is 0 Å². The first kappa shape index (κ1) is 19.8. The van der Waals surface area contributed by atoms with Gasteiger partial charge in [-0.25, -0.2) is 4.39 Å². The number of allylic oxidation sites excluding steroid dienone is 2. The van der Waals surface area contributed by atoms with E-state index in [-0.39, 0.29) is 17.8 Å². The normalized spacial score (nSPS) is 16.8. The molecule has 7 heteroatoms. The number of piperazine rings is 1. The van der Waals surface area contributed by atoms with Gasteiger partial charge in [0.15, 0.2) is 0 Å². The number of halogens is 1. The largest absolute Gasteiger partial charge is 0.404 e. The van der Waals surface area contributed by atoms with E-state index in [2.05, 4.69) is 15.1 Å². The third-order valence-electron chi connectivity index (χ3n) is 4.21. The monoisotopic (exact) mass is 361 g/mol. The number of nitrogens with zero attached hydrogens (tertiary/aromatic N) is 2. The SMILES string of the molecule is CC(C)NC(=O)CN1CCN(/C(N)=C/C(=C\N)c2ccc(F)cc2)CC1. The van der Waals surface area contributed by atoms with Crippen molar-refractivity contribution in [3.05, 3.63) is 53.7 Å². The summed E-state index contributed by atoms with van der Waals surface area (Å²) in [6.07, 6.45) is 3.26. The maximum absolute atomic E-state index is 13.1. The molecule has 1 fully saturated rings. The summed E-state index contributed by atoms with van der Waals surface area (Å²) in [6.45, 7) is 7.29. The number of amides is 1. The number of hydrogen-bond donors (Lipinski definition) is 3. The molecular weight excluding hydrogens is 333 g/mol. The molecule has 1 aliphatic heterocycles. The van der Waals surface area contributed by atoms with Crippen LogP contribution in [0.4, 0.5) is 4.39 Å². The molecule has 1 aromatic carbocycles. The Morgan fingerprint density at radius 3 is 2.38 bits per heavy atom. The Kier molecular flexibility index (Phi) is 7.03. The maximum Gasteiger partial charge on any atom is 0.234 e. The number of benzene rings is 1. The van der Waals surface area contributed by atoms with Crippen LogP contribution in [0.15, 0.2) is 42.4 Å². The number of carbonyl (C=O) groups excluding carboxylic acids is 1. The lowest BCUT2D eigenvalue weighted by Crippen LogP contribution is -2.50. The molecule has 2 rings (SSSR count). The van der Waals surface area contributed by atoms with E-state index in [1.165, 1.54) is 18.3 Å². The summed E-state index contributed by atoms with van der Waals surface area (Å²) in [5, 5.41) is 2.90. The quantitative estimate of drug-likeness (QED) is 0.660. The molecule has 1 aliphatic rings. The zero-order chi connectivity index (χ0) is 19.1. The topological polar surface area (TPSA) is 87.6 Å². The van der Waals surface area contributed by atoms with Gasteiger partial charge in [0.1, 0.15) is 5.82 Å². The molecule has 0 aromatic heterocycles. The lowest BCUT2D eigenvalue weighted by atomic mass is 10.1. The van der Waals surface area contributed by atoms with E-state index in [0.29, 0.717) is 12.4 Å². The van der Waals surface area contributed by atoms with Crippen LogP contribution in [0.5, 0.6) is 0 Å². The molecule has 0 radical (unpaired) electrons. The van der Waals surface area contributed by atoms with Gasteiger partial charge in [-0.3, -0.25) is 9.69 Å². The molecule has 0 saturated carbocycles. The first-order chi connectivity index (χ1) is 12.4. The van der Waals surface area contributed by atoms with Gasteiger partial charge in [0.05, 0.1) is 12.4 Å². The van der Waals surface area contributed by atoms with Crippen LogP contribution in [-0.2, 0) is 4.79 Å². The predicted molar refractivity (Wildman–Crippen MR) is 102 cm³/mol. The zero-order valence-electron chi connectivity index (χ0n) is 15.4. The fraction of sp³-hybridized carbons (Fsp3) is 0.421. The molecule has 1 aromatic rings. The van der Waals surface area contributed by atoms with E-state index in [4.69, 9.17) is 11.5 Å². The highest BCUT2D eigenvalue weighted by molar-refractivity contribution is 5.78. The second-order valence-electron chi connectivity index (χ2n) is 6.68. The molecule has 142 valence electrons. The van der Waals surface area contributed by atoms with Gasteiger partial charge in [0.2, 0.25) is 5.91 Å². The predicted octanol–water partition coefficient (Wildman–Crippen LogP) is 1.07. The Balaban J connectivity index is 1.92. The Morgan fingerprint density at radius 1 is 1.23 bits per heavy atom. The fourth-order valence-corrected chi connectivity index (χ4v) is 2.86. The van der Waals surface area contributed by atoms with E-state index in [1.54, 1.807) is 18.2 Å². The number of nitrogens with two attached hydrogens (primary N) is 2. The highest BCUT2D eigenvalue weighted by Crippen LogP contribution is 2.18. The molecule has 1 heterocycles. The Labute approximate surface area is 154 Å². The van der Waals surface area contributed by atoms with Gasteiger partial charge in [-0.05, 0) is 37.6 Å². The summed E-state index contributed by atoms with van der Waals surface area (Å²) in [5.41, 5.74) is 13.5. The van der Waals surface area contributed by atoms with E-state index < -0.39 is 0 Å². The van der Waals surface area contributed by atoms with Crippen molar-refractivity contribution in [2.75, 3.05) is 32.7 Å². The minimum absolute atomic E-state index is 0.0432. The van der Waals surface area contributed by atoms with Crippen molar-refractivity contribution in [1.82, 2.24) is 15.1 Å². The van der Waals surface area contributed by atoms with Crippen molar-refractivity contribution in [2.24, 2.45) is 11.5 Å². The molecule has 6 nitrogen and oxygen atoms in total. The summed E-state index contributed by atoms with van der Waals surface area (Å²) in [5.74, 6) is 0.360. The zero-order valence-corrected chi connectivity index (χ0v) is 15.4. The van der Waals surface area contributed by atoms with Crippen molar-refractivity contribution in [2.45, 2.75) is 19.9 Å². The van der Waals surface area contributed by atoms with Crippen molar-refractivity contribution in [3.8, 4) is 0 Å². The minimum Gasteiger partial charge on any atom is -0.404 e. The van der Waals surface area contributed by atoms with Crippen LogP contribution in [0.2, 0.25) is 0 Å². The summed E-state index contributed by atoms with van der Waals surface area (Å²) < 4.78 is 13.1. The van der Waals surface area contributed by atoms with Crippen molar-refractivity contribution < 1.29 is 9.18 Å². The second-order valence-corrected chi connectivity index (χ2v) is 6.68. The molecule has 0 spiro atoms. The highest BCUT2D eigenvalue weighted by Gasteiger charge is 2.19. The van der Waals surface area contributed by atoms with Gasteiger partial charge in [0, 0.05) is 44.0 Å². The first-order valence-corrected chi connectivity index (χ1v) is 8.80. The number of hydrogen-bond acceptors (Lipinski definition) is 5. The van der Waals surface area contributed by atoms with Gasteiger partial charge < -0.3 is 21.7 Å². The Morgan fingerprint density at radius 2 is 1.85 bits per heavy atom. The maximum atomic E-state index is 13.1. The number of rotatable bonds is 6. The lowest BCUT2D eigenvalue weighted by Gasteiger charge is -2.35. The summed E-state index contributed by atoms with van der Waals surface area (Å²) in [7, 11) is 0. The smallest absolute Gasteiger partial charge is 0.234 e. The number of nitrogens with one attached hydrogen (secondary N) is 1. The number of carbonyl (C=O) groups is 1. The molecular formula is C19H28FN5O. The summed E-state index contributed by atoms with van der Waals surface area (Å²) in [4.78, 5) is 16.0. The third kappa shape index (κ3) is 5.77. The summed E-state index contributed by atoms with van der Waals surface area (Å²) >= 11 is 0. The molecule has 0 unspecified atom stereocenters. The lowest BCUT2D eigenvalue weighted by molar-refractivity contribution is -0.123. The molecule has 5 N–H and O–H groups in total. The van der Waals surface area contributed by atoms with Crippen molar-refractivity contribution in [3.63, 3.8) is 0 Å². The van der Waals surface area contributed by atoms with E-state index >= 15 is 0 Å². The third-order valence-corrected chi connectivity index (χ3v) is 4.21. The highest BCUT2D eigenvalue weighted by atomic mass is 19.1. The van der Waals surface area contributed by atoms with Crippen molar-refractivity contribution >= 4 is 11.5 Å². The molecule has 0 bridgehead atoms. The van der Waals surface area contributed by atoms with Gasteiger partial charge >= 0.3 is 0 Å². The van der Waals surface area contributed by atoms with Crippen LogP contribution in [0.3, 0.4) is 0 Å². The Hall–Kier alpha value is -2.54. The van der Waals surface area contributed by atoms with Gasteiger partial charge in [0.25, 0.3) is 0 Å². The molecule has 0 atom stereocenters. The van der Waals surface area contributed by atoms with Gasteiger partial charge in [-0.15, -0.1) is 0 Å². The summed E-state index contributed by atoms with van der Waals surface area (Å²) in [6, 6.07) is 6.27. The Bertz CT molecular complexity index is 661. The first-order valence-electron chi connectivity index (χ1n) is 8.80. The van der Waals surface area contributed by atoms with Crippen LogP contribution in [0.25, 0.3) is 5.57 Å². The second kappa shape index (κ2) is 9.24. The van der Waals surface area contributed by atoms with Crippen LogP contribution in [0, 0.1) is 5.82 Å². The minimum atomic E-state index is -0.292. The average molecular weight is 361 g/mol. The standard InChI is InChI=1S/C19H28FN5O/c1-14(2)23-19(26)13-24-7-9-25(10-8-24)18(22)11-16(12-21)15-3-5-17(20)6-4-15/h3-6,11-12,14H,7-10,13,21-22H2,1-2H3,(H,23,26)/b16-12+,18-11+. The van der Waals surface area contributed by atoms with Crippen LogP contribution in [-0.4, -0.2) is 54.5 Å². The van der Waals surface area contributed by atoms with E-state index in [0.717, 1.165) is 37.3 Å². The molecule has 0 aliphatic carbocycles. The molecule has 26 heavy (non-hydrogen) atoms. The van der Waals surface area contributed by atoms with Crippen LogP contribution < -0.4 is 16.8 Å². The molecule has 1 saturated heterocycles.